The smallest absolute Gasteiger partial charge is 0.254 e. The first-order chi connectivity index (χ1) is 19.5. The van der Waals surface area contributed by atoms with Gasteiger partial charge in [0.15, 0.2) is 21.2 Å². The molecular formula is C28H25BrCl2N2O7S. The Kier molecular flexibility index (Phi) is 6.95. The van der Waals surface area contributed by atoms with E-state index in [9.17, 15) is 24.3 Å². The van der Waals surface area contributed by atoms with Crippen molar-refractivity contribution in [2.45, 2.75) is 35.1 Å². The van der Waals surface area contributed by atoms with Crippen LogP contribution in [0.5, 0.6) is 17.2 Å². The molecule has 4 aliphatic rings. The van der Waals surface area contributed by atoms with Crippen molar-refractivity contribution in [3.8, 4) is 17.2 Å². The summed E-state index contributed by atoms with van der Waals surface area (Å²) in [5, 5.41) is 12.5. The van der Waals surface area contributed by atoms with Crippen LogP contribution in [-0.4, -0.2) is 68.0 Å². The minimum atomic E-state index is -1.97. The number of likely N-dealkylation sites (tertiary alicyclic amines) is 2. The number of alkyl halides is 3. The summed E-state index contributed by atoms with van der Waals surface area (Å²) >= 11 is 19.2. The maximum atomic E-state index is 13.9. The first-order valence-corrected chi connectivity index (χ1v) is 15.6. The van der Waals surface area contributed by atoms with Gasteiger partial charge in [-0.2, -0.15) is 0 Å². The summed E-state index contributed by atoms with van der Waals surface area (Å²) in [5.74, 6) is -5.11. The molecule has 1 N–H and O–H groups in total. The number of thiophene rings is 1. The highest BCUT2D eigenvalue weighted by Crippen LogP contribution is 2.66. The van der Waals surface area contributed by atoms with Crippen LogP contribution < -0.4 is 9.47 Å². The molecule has 3 heterocycles. The van der Waals surface area contributed by atoms with E-state index >= 15 is 0 Å². The summed E-state index contributed by atoms with van der Waals surface area (Å²) in [6, 6.07) is 6.78. The number of halogens is 3. The second-order valence-corrected chi connectivity index (χ2v) is 13.4. The van der Waals surface area contributed by atoms with E-state index in [0.717, 1.165) is 9.78 Å². The lowest BCUT2D eigenvalue weighted by atomic mass is 9.56. The van der Waals surface area contributed by atoms with Gasteiger partial charge < -0.3 is 14.6 Å². The number of amides is 4. The van der Waals surface area contributed by atoms with E-state index in [0.29, 0.717) is 11.1 Å². The highest BCUT2D eigenvalue weighted by Gasteiger charge is 2.76. The summed E-state index contributed by atoms with van der Waals surface area (Å²) < 4.78 is 10.8. The molecule has 9 nitrogen and oxygen atoms in total. The van der Waals surface area contributed by atoms with Crippen molar-refractivity contribution >= 4 is 74.1 Å². The van der Waals surface area contributed by atoms with Crippen molar-refractivity contribution < 1.29 is 33.8 Å². The number of phenols is 1. The average Bonchev–Trinajstić information content (AvgIpc) is 3.60. The Morgan fingerprint density at radius 2 is 1.73 bits per heavy atom. The lowest BCUT2D eigenvalue weighted by Gasteiger charge is -2.50. The zero-order valence-corrected chi connectivity index (χ0v) is 25.8. The zero-order chi connectivity index (χ0) is 29.4. The number of allylic oxidation sites excluding steroid dienone is 2. The van der Waals surface area contributed by atoms with Gasteiger partial charge in [-0.3, -0.25) is 29.0 Å². The van der Waals surface area contributed by atoms with Crippen molar-refractivity contribution in [2.75, 3.05) is 19.7 Å². The Hall–Kier alpha value is -2.60. The Morgan fingerprint density at radius 3 is 2.32 bits per heavy atom. The van der Waals surface area contributed by atoms with Gasteiger partial charge in [-0.1, -0.05) is 33.6 Å². The standard InChI is InChI=1S/C28H25BrCl2N2O7S/c1-39-18-8-13(9-19(40-2)22(18)34)21-15-5-6-16-20(24(36)32(23(16)35)11-14-4-3-7-41-14)17(15)10-27(30)25(37)33(12-29)26(38)28(21,27)31/h3-5,7-9,16-17,20-21,34H,6,10-12H2,1-2H3/t16-,17+,20-,21-,27+,28-/m0/s1. The van der Waals surface area contributed by atoms with Gasteiger partial charge in [-0.15, -0.1) is 34.5 Å². The number of carbonyl (C=O) groups is 4. The molecule has 13 heteroatoms. The van der Waals surface area contributed by atoms with E-state index in [1.165, 1.54) is 42.6 Å². The third-order valence-electron chi connectivity index (χ3n) is 8.84. The Bertz CT molecular complexity index is 1490. The molecule has 41 heavy (non-hydrogen) atoms. The molecule has 1 aromatic heterocycles. The van der Waals surface area contributed by atoms with Crippen molar-refractivity contribution in [2.24, 2.45) is 17.8 Å². The van der Waals surface area contributed by atoms with Crippen LogP contribution in [0.25, 0.3) is 0 Å². The fourth-order valence-corrected chi connectivity index (χ4v) is 9.11. The molecule has 216 valence electrons. The van der Waals surface area contributed by atoms with Crippen LogP contribution in [0.15, 0.2) is 41.3 Å². The monoisotopic (exact) mass is 682 g/mol. The molecule has 3 fully saturated rings. The largest absolute Gasteiger partial charge is 0.502 e. The first-order valence-electron chi connectivity index (χ1n) is 12.9. The highest BCUT2D eigenvalue weighted by atomic mass is 79.9. The van der Waals surface area contributed by atoms with Gasteiger partial charge in [0.1, 0.15) is 0 Å². The maximum Gasteiger partial charge on any atom is 0.254 e. The normalized spacial score (nSPS) is 32.6. The van der Waals surface area contributed by atoms with Gasteiger partial charge in [0.05, 0.1) is 38.1 Å². The molecule has 6 atom stereocenters. The Labute approximate surface area is 258 Å². The molecule has 2 aromatic rings. The fourth-order valence-electron chi connectivity index (χ4n) is 6.99. The van der Waals surface area contributed by atoms with Crippen molar-refractivity contribution in [3.05, 3.63) is 51.7 Å². The van der Waals surface area contributed by atoms with Crippen LogP contribution in [0.4, 0.5) is 0 Å². The number of hydrogen-bond acceptors (Lipinski definition) is 8. The number of phenolic OH excluding ortho intramolecular Hbond substituents is 1. The number of ether oxygens (including phenoxy) is 2. The number of imide groups is 2. The molecular weight excluding hydrogens is 659 g/mol. The molecule has 4 amide bonds. The maximum absolute atomic E-state index is 13.9. The lowest BCUT2D eigenvalue weighted by molar-refractivity contribution is -0.141. The van der Waals surface area contributed by atoms with Crippen molar-refractivity contribution in [3.63, 3.8) is 0 Å². The SMILES string of the molecule is COc1cc([C@H]2C3=CC[C@@H]4C(=O)N(Cc5cccs5)C(=O)[C@@H]4[C@@H]3C[C@@]3(Cl)C(=O)N(CBr)C(=O)[C@@]23Cl)cc(OC)c1O. The van der Waals surface area contributed by atoms with E-state index < -0.39 is 45.2 Å². The topological polar surface area (TPSA) is 113 Å². The van der Waals surface area contributed by atoms with Crippen LogP contribution in [0.3, 0.4) is 0 Å². The molecule has 6 rings (SSSR count). The Morgan fingerprint density at radius 1 is 1.05 bits per heavy atom. The number of aromatic hydroxyl groups is 1. The van der Waals surface area contributed by atoms with E-state index in [1.54, 1.807) is 0 Å². The molecule has 1 saturated carbocycles. The molecule has 0 bridgehead atoms. The molecule has 0 radical (unpaired) electrons. The van der Waals surface area contributed by atoms with E-state index in [1.807, 2.05) is 23.6 Å². The zero-order valence-electron chi connectivity index (χ0n) is 21.9. The molecule has 1 aromatic carbocycles. The fraction of sp³-hybridized carbons (Fsp3) is 0.429. The number of fused-ring (bicyclic) bond motifs is 4. The number of benzene rings is 1. The number of nitrogens with zero attached hydrogens (tertiary/aromatic N) is 2. The molecule has 2 aliphatic heterocycles. The van der Waals surface area contributed by atoms with Gasteiger partial charge in [0.2, 0.25) is 17.6 Å². The van der Waals surface area contributed by atoms with Crippen molar-refractivity contribution in [1.82, 2.24) is 9.80 Å². The summed E-state index contributed by atoms with van der Waals surface area (Å²) in [7, 11) is 2.74. The quantitative estimate of drug-likeness (QED) is 0.208. The predicted octanol–water partition coefficient (Wildman–Crippen LogP) is 4.38. The number of rotatable bonds is 6. The van der Waals surface area contributed by atoms with Crippen LogP contribution >= 0.6 is 50.5 Å². The first kappa shape index (κ1) is 28.5. The van der Waals surface area contributed by atoms with E-state index in [2.05, 4.69) is 15.9 Å². The van der Waals surface area contributed by atoms with Crippen LogP contribution in [0, 0.1) is 17.8 Å². The second-order valence-electron chi connectivity index (χ2n) is 10.6. The van der Waals surface area contributed by atoms with E-state index in [-0.39, 0.29) is 53.9 Å². The number of carbonyl (C=O) groups excluding carboxylic acids is 4. The summed E-state index contributed by atoms with van der Waals surface area (Å²) in [5.41, 5.74) is 0.935. The molecule has 2 aliphatic carbocycles. The number of methoxy groups -OCH3 is 2. The van der Waals surface area contributed by atoms with Gasteiger partial charge in [0, 0.05) is 10.8 Å². The molecule has 0 unspecified atom stereocenters. The average molecular weight is 684 g/mol. The van der Waals surface area contributed by atoms with Crippen LogP contribution in [-0.2, 0) is 25.7 Å². The van der Waals surface area contributed by atoms with Crippen LogP contribution in [0.1, 0.15) is 29.2 Å². The van der Waals surface area contributed by atoms with Gasteiger partial charge in [-0.05, 0) is 47.9 Å². The molecule has 2 saturated heterocycles. The third-order valence-corrected chi connectivity index (χ3v) is 11.6. The second kappa shape index (κ2) is 10.00. The lowest BCUT2D eigenvalue weighted by Crippen LogP contribution is -2.60. The van der Waals surface area contributed by atoms with Gasteiger partial charge >= 0.3 is 0 Å². The van der Waals surface area contributed by atoms with Gasteiger partial charge in [0.25, 0.3) is 11.8 Å². The van der Waals surface area contributed by atoms with Crippen molar-refractivity contribution in [1.29, 1.82) is 0 Å². The van der Waals surface area contributed by atoms with Crippen LogP contribution in [0.2, 0.25) is 0 Å². The van der Waals surface area contributed by atoms with E-state index in [4.69, 9.17) is 32.7 Å². The predicted molar refractivity (Wildman–Crippen MR) is 154 cm³/mol. The Balaban J connectivity index is 1.53. The highest BCUT2D eigenvalue weighted by molar-refractivity contribution is 9.09. The minimum Gasteiger partial charge on any atom is -0.502 e. The summed E-state index contributed by atoms with van der Waals surface area (Å²) in [6.45, 7) is 0.167. The van der Waals surface area contributed by atoms with Gasteiger partial charge in [-0.25, -0.2) is 0 Å². The molecule has 0 spiro atoms. The number of hydrogen-bond donors (Lipinski definition) is 1. The summed E-state index contributed by atoms with van der Waals surface area (Å²) in [6.07, 6.45) is 2.02. The minimum absolute atomic E-state index is 0.0690. The third kappa shape index (κ3) is 3.78. The summed E-state index contributed by atoms with van der Waals surface area (Å²) in [4.78, 5) is 54.4.